The maximum Gasteiger partial charge on any atom is 0.154 e. The zero-order valence-electron chi connectivity index (χ0n) is 16.5. The van der Waals surface area contributed by atoms with Crippen molar-refractivity contribution in [3.05, 3.63) is 65.6 Å². The van der Waals surface area contributed by atoms with Crippen LogP contribution < -0.4 is 10.1 Å². The maximum absolute atomic E-state index is 15.1. The summed E-state index contributed by atoms with van der Waals surface area (Å²) in [6.07, 6.45) is 6.27. The molecular formula is C23H19ClF2N4O. The topological polar surface area (TPSA) is 62.8 Å². The van der Waals surface area contributed by atoms with Gasteiger partial charge in [-0.05, 0) is 49.7 Å². The molecule has 0 bridgehead atoms. The van der Waals surface area contributed by atoms with E-state index in [1.165, 1.54) is 24.4 Å². The number of pyridine rings is 2. The van der Waals surface area contributed by atoms with Gasteiger partial charge in [-0.3, -0.25) is 9.97 Å². The standard InChI is InChI=1S/C23H19ClF2N4O/c24-13-5-6-16(25)15(9-13)20-22-18(4-2-8-29-22)30-23(20)21-17(26)10-27-11-19(21)31-12-14-3-1-7-28-14/h2,4-6,8-11,14,28,30H,1,3,7,12H2. The van der Waals surface area contributed by atoms with Gasteiger partial charge < -0.3 is 15.0 Å². The fraction of sp³-hybridized carbons (Fsp3) is 0.217. The number of halogens is 3. The van der Waals surface area contributed by atoms with E-state index in [0.717, 1.165) is 25.6 Å². The lowest BCUT2D eigenvalue weighted by molar-refractivity contribution is 0.276. The number of hydrogen-bond donors (Lipinski definition) is 2. The average molecular weight is 441 g/mol. The lowest BCUT2D eigenvalue weighted by atomic mass is 9.99. The lowest BCUT2D eigenvalue weighted by Gasteiger charge is -2.16. The van der Waals surface area contributed by atoms with E-state index in [1.54, 1.807) is 18.3 Å². The molecule has 1 aromatic carbocycles. The highest BCUT2D eigenvalue weighted by molar-refractivity contribution is 6.31. The van der Waals surface area contributed by atoms with Gasteiger partial charge in [0.2, 0.25) is 0 Å². The van der Waals surface area contributed by atoms with Gasteiger partial charge in [-0.25, -0.2) is 8.78 Å². The van der Waals surface area contributed by atoms with Crippen LogP contribution in [-0.4, -0.2) is 34.1 Å². The molecule has 5 nitrogen and oxygen atoms in total. The first-order valence-corrected chi connectivity index (χ1v) is 10.4. The minimum absolute atomic E-state index is 0.181. The van der Waals surface area contributed by atoms with Crippen molar-refractivity contribution in [3.63, 3.8) is 0 Å². The summed E-state index contributed by atoms with van der Waals surface area (Å²) in [4.78, 5) is 11.6. The van der Waals surface area contributed by atoms with Gasteiger partial charge in [-0.15, -0.1) is 0 Å². The number of fused-ring (bicyclic) bond motifs is 1. The molecule has 1 atom stereocenters. The second kappa shape index (κ2) is 8.24. The van der Waals surface area contributed by atoms with Gasteiger partial charge in [0.1, 0.15) is 18.2 Å². The zero-order chi connectivity index (χ0) is 21.4. The highest BCUT2D eigenvalue weighted by Gasteiger charge is 2.25. The first-order valence-electron chi connectivity index (χ1n) is 10.0. The van der Waals surface area contributed by atoms with E-state index in [4.69, 9.17) is 16.3 Å². The van der Waals surface area contributed by atoms with Gasteiger partial charge in [0, 0.05) is 28.4 Å². The second-order valence-electron chi connectivity index (χ2n) is 7.50. The van der Waals surface area contributed by atoms with Crippen molar-refractivity contribution in [1.82, 2.24) is 20.3 Å². The van der Waals surface area contributed by atoms with Crippen LogP contribution in [0.1, 0.15) is 12.8 Å². The van der Waals surface area contributed by atoms with Crippen molar-refractivity contribution in [2.24, 2.45) is 0 Å². The summed E-state index contributed by atoms with van der Waals surface area (Å²) < 4.78 is 36.0. The summed E-state index contributed by atoms with van der Waals surface area (Å²) in [5, 5.41) is 3.72. The molecule has 31 heavy (non-hydrogen) atoms. The van der Waals surface area contributed by atoms with Crippen LogP contribution in [0.3, 0.4) is 0 Å². The molecule has 5 rings (SSSR count). The number of nitrogens with one attached hydrogen (secondary N) is 2. The molecule has 1 aliphatic heterocycles. The molecule has 158 valence electrons. The van der Waals surface area contributed by atoms with Gasteiger partial charge in [-0.2, -0.15) is 0 Å². The monoisotopic (exact) mass is 440 g/mol. The summed E-state index contributed by atoms with van der Waals surface area (Å²) >= 11 is 6.16. The van der Waals surface area contributed by atoms with E-state index in [-0.39, 0.29) is 22.9 Å². The SMILES string of the molecule is Fc1ccc(Cl)cc1-c1c(-c2c(F)cncc2OCC2CCCN2)[nH]c2cccnc12. The highest BCUT2D eigenvalue weighted by atomic mass is 35.5. The largest absolute Gasteiger partial charge is 0.490 e. The number of H-pyrrole nitrogens is 1. The Bertz CT molecular complexity index is 1250. The van der Waals surface area contributed by atoms with Gasteiger partial charge >= 0.3 is 0 Å². The number of benzene rings is 1. The first kappa shape index (κ1) is 19.9. The van der Waals surface area contributed by atoms with E-state index in [1.807, 2.05) is 0 Å². The Kier molecular flexibility index (Phi) is 5.29. The van der Waals surface area contributed by atoms with Crippen LogP contribution in [-0.2, 0) is 0 Å². The van der Waals surface area contributed by atoms with Crippen molar-refractivity contribution in [1.29, 1.82) is 0 Å². The Hall–Kier alpha value is -3.03. The van der Waals surface area contributed by atoms with E-state index < -0.39 is 11.6 Å². The van der Waals surface area contributed by atoms with Crippen molar-refractivity contribution in [2.75, 3.05) is 13.2 Å². The summed E-state index contributed by atoms with van der Waals surface area (Å²) in [5.41, 5.74) is 2.35. The minimum atomic E-state index is -0.577. The smallest absolute Gasteiger partial charge is 0.154 e. The summed E-state index contributed by atoms with van der Waals surface area (Å²) in [6, 6.07) is 8.03. The molecule has 4 aromatic rings. The average Bonchev–Trinajstić information content (AvgIpc) is 3.41. The van der Waals surface area contributed by atoms with E-state index in [9.17, 15) is 4.39 Å². The fourth-order valence-electron chi connectivity index (χ4n) is 4.02. The molecule has 4 heterocycles. The van der Waals surface area contributed by atoms with Crippen molar-refractivity contribution >= 4 is 22.6 Å². The minimum Gasteiger partial charge on any atom is -0.490 e. The van der Waals surface area contributed by atoms with E-state index in [0.29, 0.717) is 33.9 Å². The van der Waals surface area contributed by atoms with Crippen LogP contribution in [0.25, 0.3) is 33.4 Å². The molecule has 0 aliphatic carbocycles. The van der Waals surface area contributed by atoms with Gasteiger partial charge in [0.15, 0.2) is 5.82 Å². The molecule has 8 heteroatoms. The van der Waals surface area contributed by atoms with E-state index >= 15 is 4.39 Å². The van der Waals surface area contributed by atoms with Crippen molar-refractivity contribution in [3.8, 4) is 28.1 Å². The first-order chi connectivity index (χ1) is 15.1. The Labute approximate surface area is 182 Å². The molecule has 1 unspecified atom stereocenters. The Morgan fingerprint density at radius 3 is 2.87 bits per heavy atom. The van der Waals surface area contributed by atoms with Crippen LogP contribution in [0.2, 0.25) is 5.02 Å². The quantitative estimate of drug-likeness (QED) is 0.439. The summed E-state index contributed by atoms with van der Waals surface area (Å²) in [6.45, 7) is 1.33. The summed E-state index contributed by atoms with van der Waals surface area (Å²) in [5.74, 6) is -0.777. The third-order valence-corrected chi connectivity index (χ3v) is 5.70. The second-order valence-corrected chi connectivity index (χ2v) is 7.93. The third-order valence-electron chi connectivity index (χ3n) is 5.47. The van der Waals surface area contributed by atoms with Crippen LogP contribution in [0.4, 0.5) is 8.78 Å². The molecular weight excluding hydrogens is 422 g/mol. The predicted octanol–water partition coefficient (Wildman–Crippen LogP) is 5.35. The van der Waals surface area contributed by atoms with Gasteiger partial charge in [-0.1, -0.05) is 11.6 Å². The number of aromatic nitrogens is 3. The predicted molar refractivity (Wildman–Crippen MR) is 116 cm³/mol. The van der Waals surface area contributed by atoms with Crippen LogP contribution in [0.5, 0.6) is 5.75 Å². The molecule has 0 radical (unpaired) electrons. The summed E-state index contributed by atoms with van der Waals surface area (Å²) in [7, 11) is 0. The molecule has 0 saturated carbocycles. The molecule has 0 spiro atoms. The van der Waals surface area contributed by atoms with Crippen LogP contribution in [0, 0.1) is 11.6 Å². The van der Waals surface area contributed by atoms with E-state index in [2.05, 4.69) is 20.3 Å². The van der Waals surface area contributed by atoms with Crippen LogP contribution >= 0.6 is 11.6 Å². The molecule has 0 amide bonds. The van der Waals surface area contributed by atoms with Gasteiger partial charge in [0.25, 0.3) is 0 Å². The van der Waals surface area contributed by atoms with Crippen molar-refractivity contribution < 1.29 is 13.5 Å². The normalized spacial score (nSPS) is 16.2. The van der Waals surface area contributed by atoms with Crippen LogP contribution in [0.15, 0.2) is 48.9 Å². The number of ether oxygens (including phenoxy) is 1. The highest BCUT2D eigenvalue weighted by Crippen LogP contribution is 2.43. The molecule has 1 fully saturated rings. The Morgan fingerprint density at radius 1 is 1.13 bits per heavy atom. The molecule has 1 aliphatic rings. The Balaban J connectivity index is 1.70. The number of nitrogens with zero attached hydrogens (tertiary/aromatic N) is 2. The van der Waals surface area contributed by atoms with Crippen molar-refractivity contribution in [2.45, 2.75) is 18.9 Å². The third kappa shape index (κ3) is 3.75. The zero-order valence-corrected chi connectivity index (χ0v) is 17.2. The number of aromatic amines is 1. The number of hydrogen-bond acceptors (Lipinski definition) is 4. The molecule has 1 saturated heterocycles. The lowest BCUT2D eigenvalue weighted by Crippen LogP contribution is -2.28. The molecule has 3 aromatic heterocycles. The number of rotatable bonds is 5. The fourth-order valence-corrected chi connectivity index (χ4v) is 4.19. The van der Waals surface area contributed by atoms with Gasteiger partial charge in [0.05, 0.1) is 34.7 Å². The Morgan fingerprint density at radius 2 is 2.03 bits per heavy atom. The molecule has 2 N–H and O–H groups in total. The maximum atomic E-state index is 15.1.